The monoisotopic (exact) mass is 403 g/mol. The molecule has 0 bridgehead atoms. The SMILES string of the molecule is COc1c(OCCCN(C)C)ccc2c(Nc3ccc(Cl)cc3F)ccnc12. The third kappa shape index (κ3) is 4.64. The molecule has 3 aromatic rings. The van der Waals surface area contributed by atoms with E-state index >= 15 is 0 Å². The maximum Gasteiger partial charge on any atom is 0.187 e. The summed E-state index contributed by atoms with van der Waals surface area (Å²) >= 11 is 5.83. The molecule has 2 aromatic carbocycles. The van der Waals surface area contributed by atoms with E-state index in [1.807, 2.05) is 26.2 Å². The predicted octanol–water partition coefficient (Wildman–Crippen LogP) is 5.11. The van der Waals surface area contributed by atoms with Crippen LogP contribution in [0.5, 0.6) is 11.5 Å². The van der Waals surface area contributed by atoms with E-state index in [0.717, 1.165) is 18.4 Å². The van der Waals surface area contributed by atoms with E-state index in [0.29, 0.717) is 40.0 Å². The van der Waals surface area contributed by atoms with Crippen LogP contribution < -0.4 is 14.8 Å². The molecular formula is C21H23ClFN3O2. The second kappa shape index (κ2) is 9.08. The van der Waals surface area contributed by atoms with E-state index in [-0.39, 0.29) is 0 Å². The van der Waals surface area contributed by atoms with Crippen LogP contribution in [-0.4, -0.2) is 44.2 Å². The molecule has 0 aliphatic rings. The van der Waals surface area contributed by atoms with Crippen LogP contribution in [0.3, 0.4) is 0 Å². The number of nitrogens with zero attached hydrogens (tertiary/aromatic N) is 2. The van der Waals surface area contributed by atoms with E-state index in [2.05, 4.69) is 15.2 Å². The Kier molecular flexibility index (Phi) is 6.54. The number of halogens is 2. The number of fused-ring (bicyclic) bond motifs is 1. The minimum Gasteiger partial charge on any atom is -0.491 e. The molecule has 0 saturated heterocycles. The highest BCUT2D eigenvalue weighted by Gasteiger charge is 2.14. The molecule has 0 atom stereocenters. The van der Waals surface area contributed by atoms with Gasteiger partial charge in [0, 0.05) is 28.8 Å². The molecule has 148 valence electrons. The molecule has 0 fully saturated rings. The van der Waals surface area contributed by atoms with Gasteiger partial charge in [0.05, 0.1) is 19.4 Å². The topological polar surface area (TPSA) is 46.6 Å². The summed E-state index contributed by atoms with van der Waals surface area (Å²) in [5.41, 5.74) is 1.69. The van der Waals surface area contributed by atoms with Gasteiger partial charge in [-0.2, -0.15) is 0 Å². The highest BCUT2D eigenvalue weighted by Crippen LogP contribution is 2.38. The zero-order chi connectivity index (χ0) is 20.1. The molecule has 0 amide bonds. The minimum atomic E-state index is -0.426. The van der Waals surface area contributed by atoms with Gasteiger partial charge in [-0.15, -0.1) is 0 Å². The van der Waals surface area contributed by atoms with Gasteiger partial charge in [-0.05, 0) is 56.9 Å². The summed E-state index contributed by atoms with van der Waals surface area (Å²) in [5, 5.41) is 4.25. The summed E-state index contributed by atoms with van der Waals surface area (Å²) in [7, 11) is 5.64. The van der Waals surface area contributed by atoms with Crippen molar-refractivity contribution >= 4 is 33.9 Å². The van der Waals surface area contributed by atoms with Gasteiger partial charge in [-0.1, -0.05) is 11.6 Å². The Bertz CT molecular complexity index is 966. The molecule has 1 N–H and O–H groups in total. The average Bonchev–Trinajstić information content (AvgIpc) is 2.67. The van der Waals surface area contributed by atoms with Gasteiger partial charge in [0.1, 0.15) is 11.3 Å². The number of hydrogen-bond acceptors (Lipinski definition) is 5. The highest BCUT2D eigenvalue weighted by atomic mass is 35.5. The number of aromatic nitrogens is 1. The summed E-state index contributed by atoms with van der Waals surface area (Å²) in [6.45, 7) is 1.52. The normalized spacial score (nSPS) is 11.1. The second-order valence-electron chi connectivity index (χ2n) is 6.61. The molecule has 0 aliphatic carbocycles. The lowest BCUT2D eigenvalue weighted by Gasteiger charge is -2.16. The average molecular weight is 404 g/mol. The van der Waals surface area contributed by atoms with E-state index < -0.39 is 5.82 Å². The van der Waals surface area contributed by atoms with Crippen molar-refractivity contribution < 1.29 is 13.9 Å². The van der Waals surface area contributed by atoms with Crippen molar-refractivity contribution in [3.8, 4) is 11.5 Å². The van der Waals surface area contributed by atoms with Crippen LogP contribution in [0.2, 0.25) is 5.02 Å². The van der Waals surface area contributed by atoms with Gasteiger partial charge in [0.15, 0.2) is 11.5 Å². The summed E-state index contributed by atoms with van der Waals surface area (Å²) in [6, 6.07) is 10.0. The van der Waals surface area contributed by atoms with Gasteiger partial charge < -0.3 is 19.7 Å². The maximum absolute atomic E-state index is 14.2. The lowest BCUT2D eigenvalue weighted by molar-refractivity contribution is 0.269. The zero-order valence-corrected chi connectivity index (χ0v) is 16.9. The first-order valence-electron chi connectivity index (χ1n) is 8.95. The lowest BCUT2D eigenvalue weighted by atomic mass is 10.1. The first-order valence-corrected chi connectivity index (χ1v) is 9.32. The highest BCUT2D eigenvalue weighted by molar-refractivity contribution is 6.30. The van der Waals surface area contributed by atoms with Gasteiger partial charge in [-0.3, -0.25) is 4.98 Å². The summed E-state index contributed by atoms with van der Waals surface area (Å²) in [4.78, 5) is 6.55. The number of anilines is 2. The van der Waals surface area contributed by atoms with Crippen LogP contribution in [0.1, 0.15) is 6.42 Å². The number of hydrogen-bond donors (Lipinski definition) is 1. The fourth-order valence-electron chi connectivity index (χ4n) is 2.89. The second-order valence-corrected chi connectivity index (χ2v) is 7.04. The molecule has 28 heavy (non-hydrogen) atoms. The van der Waals surface area contributed by atoms with Crippen LogP contribution in [0.4, 0.5) is 15.8 Å². The van der Waals surface area contributed by atoms with Crippen molar-refractivity contribution in [2.75, 3.05) is 39.7 Å². The Morgan fingerprint density at radius 3 is 2.68 bits per heavy atom. The molecule has 0 aliphatic heterocycles. The van der Waals surface area contributed by atoms with Crippen molar-refractivity contribution in [1.29, 1.82) is 0 Å². The molecule has 1 heterocycles. The smallest absolute Gasteiger partial charge is 0.187 e. The van der Waals surface area contributed by atoms with Crippen LogP contribution in [0.25, 0.3) is 10.9 Å². The van der Waals surface area contributed by atoms with Crippen molar-refractivity contribution in [3.05, 3.63) is 53.4 Å². The first kappa shape index (κ1) is 20.2. The fraction of sp³-hybridized carbons (Fsp3) is 0.286. The lowest BCUT2D eigenvalue weighted by Crippen LogP contribution is -2.15. The molecule has 1 aromatic heterocycles. The Morgan fingerprint density at radius 1 is 1.14 bits per heavy atom. The maximum atomic E-state index is 14.2. The van der Waals surface area contributed by atoms with E-state index in [4.69, 9.17) is 21.1 Å². The van der Waals surface area contributed by atoms with Crippen LogP contribution in [-0.2, 0) is 0 Å². The van der Waals surface area contributed by atoms with E-state index in [1.165, 1.54) is 6.07 Å². The van der Waals surface area contributed by atoms with Crippen molar-refractivity contribution in [1.82, 2.24) is 9.88 Å². The standard InChI is InChI=1S/C21H23ClFN3O2/c1-26(2)11-4-12-28-19-8-6-15-17(9-10-24-20(15)21(19)27-3)25-18-7-5-14(22)13-16(18)23/h5-10,13H,4,11-12H2,1-3H3,(H,24,25). The van der Waals surface area contributed by atoms with Gasteiger partial charge in [-0.25, -0.2) is 4.39 Å². The molecule has 0 unspecified atom stereocenters. The Balaban J connectivity index is 1.89. The first-order chi connectivity index (χ1) is 13.5. The Labute approximate surface area is 169 Å². The van der Waals surface area contributed by atoms with Crippen LogP contribution in [0.15, 0.2) is 42.6 Å². The number of pyridine rings is 1. The largest absolute Gasteiger partial charge is 0.491 e. The number of nitrogens with one attached hydrogen (secondary N) is 1. The number of benzene rings is 2. The van der Waals surface area contributed by atoms with E-state index in [9.17, 15) is 4.39 Å². The minimum absolute atomic E-state index is 0.333. The van der Waals surface area contributed by atoms with Crippen LogP contribution >= 0.6 is 11.6 Å². The summed E-state index contributed by atoms with van der Waals surface area (Å²) < 4.78 is 25.6. The molecule has 0 saturated carbocycles. The quantitative estimate of drug-likeness (QED) is 0.529. The fourth-order valence-corrected chi connectivity index (χ4v) is 3.05. The number of ether oxygens (including phenoxy) is 2. The van der Waals surface area contributed by atoms with Gasteiger partial charge in [0.25, 0.3) is 0 Å². The Morgan fingerprint density at radius 2 is 1.96 bits per heavy atom. The van der Waals surface area contributed by atoms with Crippen LogP contribution in [0, 0.1) is 5.82 Å². The Hall–Kier alpha value is -2.57. The van der Waals surface area contributed by atoms with Crippen molar-refractivity contribution in [2.24, 2.45) is 0 Å². The van der Waals surface area contributed by atoms with Crippen molar-refractivity contribution in [2.45, 2.75) is 6.42 Å². The molecular weight excluding hydrogens is 381 g/mol. The number of methoxy groups -OCH3 is 1. The molecule has 0 radical (unpaired) electrons. The third-order valence-corrected chi connectivity index (χ3v) is 4.48. The molecule has 3 rings (SSSR count). The van der Waals surface area contributed by atoms with E-state index in [1.54, 1.807) is 31.5 Å². The zero-order valence-electron chi connectivity index (χ0n) is 16.1. The molecule has 7 heteroatoms. The summed E-state index contributed by atoms with van der Waals surface area (Å²) in [6.07, 6.45) is 2.55. The van der Waals surface area contributed by atoms with Crippen molar-refractivity contribution in [3.63, 3.8) is 0 Å². The molecule has 5 nitrogen and oxygen atoms in total. The summed E-state index contributed by atoms with van der Waals surface area (Å²) in [5.74, 6) is 0.768. The molecule has 0 spiro atoms. The number of rotatable bonds is 8. The van der Waals surface area contributed by atoms with Gasteiger partial charge >= 0.3 is 0 Å². The third-order valence-electron chi connectivity index (χ3n) is 4.24. The predicted molar refractivity (Wildman–Crippen MR) is 112 cm³/mol. The van der Waals surface area contributed by atoms with Gasteiger partial charge in [0.2, 0.25) is 0 Å².